The maximum absolute atomic E-state index is 10.0. The van der Waals surface area contributed by atoms with E-state index in [2.05, 4.69) is 5.48 Å². The zero-order valence-electron chi connectivity index (χ0n) is 14.4. The number of ether oxygens (including phenoxy) is 2. The summed E-state index contributed by atoms with van der Waals surface area (Å²) in [6, 6.07) is 10.1. The van der Waals surface area contributed by atoms with E-state index in [1.807, 2.05) is 44.2 Å². The van der Waals surface area contributed by atoms with E-state index in [9.17, 15) is 5.11 Å². The second-order valence-electron chi connectivity index (χ2n) is 5.36. The van der Waals surface area contributed by atoms with Crippen LogP contribution >= 0.6 is 0 Å². The molecule has 0 aliphatic carbocycles. The van der Waals surface area contributed by atoms with E-state index in [-0.39, 0.29) is 0 Å². The number of aliphatic hydroxyl groups is 1. The van der Waals surface area contributed by atoms with E-state index < -0.39 is 12.4 Å². The standard InChI is InChI=1S/C18H31NO4/c1-3-21-18(22-4-2)17(20)13-9-6-10-14-19-23-15-16-11-7-5-8-12-16/h5,7-8,11-12,17-20H,3-4,6,9-10,13-15H2,1-2H3. The molecular formula is C18H31NO4. The van der Waals surface area contributed by atoms with Crippen LogP contribution in [0.1, 0.15) is 45.1 Å². The summed E-state index contributed by atoms with van der Waals surface area (Å²) in [5.74, 6) is 0. The zero-order valence-corrected chi connectivity index (χ0v) is 14.4. The molecule has 2 N–H and O–H groups in total. The third-order valence-electron chi connectivity index (χ3n) is 3.44. The van der Waals surface area contributed by atoms with E-state index in [0.29, 0.717) is 26.2 Å². The number of hydroxylamine groups is 1. The molecule has 0 heterocycles. The molecule has 0 saturated carbocycles. The molecule has 23 heavy (non-hydrogen) atoms. The smallest absolute Gasteiger partial charge is 0.183 e. The van der Waals surface area contributed by atoms with Crippen molar-refractivity contribution in [3.8, 4) is 0 Å². The zero-order chi connectivity index (χ0) is 16.8. The first kappa shape index (κ1) is 20.1. The Morgan fingerprint density at radius 1 is 1.00 bits per heavy atom. The summed E-state index contributed by atoms with van der Waals surface area (Å²) in [7, 11) is 0. The largest absolute Gasteiger partial charge is 0.388 e. The molecule has 5 heteroatoms. The fourth-order valence-electron chi connectivity index (χ4n) is 2.24. The average Bonchev–Trinajstić information content (AvgIpc) is 2.57. The molecule has 1 aromatic carbocycles. The Labute approximate surface area is 139 Å². The van der Waals surface area contributed by atoms with E-state index in [0.717, 1.165) is 31.4 Å². The minimum atomic E-state index is -0.558. The first-order valence-electron chi connectivity index (χ1n) is 8.57. The van der Waals surface area contributed by atoms with Gasteiger partial charge in [0.1, 0.15) is 6.10 Å². The average molecular weight is 325 g/mol. The number of hydrogen-bond donors (Lipinski definition) is 2. The molecule has 132 valence electrons. The Morgan fingerprint density at radius 2 is 1.70 bits per heavy atom. The van der Waals surface area contributed by atoms with Gasteiger partial charge in [0.15, 0.2) is 6.29 Å². The molecule has 0 amide bonds. The Balaban J connectivity index is 1.98. The molecule has 0 fully saturated rings. The van der Waals surface area contributed by atoms with Crippen LogP contribution in [0, 0.1) is 0 Å². The van der Waals surface area contributed by atoms with Crippen LogP contribution in [0.15, 0.2) is 30.3 Å². The van der Waals surface area contributed by atoms with Crippen molar-refractivity contribution in [3.63, 3.8) is 0 Å². The number of benzene rings is 1. The molecule has 0 radical (unpaired) electrons. The van der Waals surface area contributed by atoms with Gasteiger partial charge in [-0.25, -0.2) is 5.48 Å². The molecule has 0 bridgehead atoms. The van der Waals surface area contributed by atoms with Crippen molar-refractivity contribution in [2.45, 2.75) is 58.5 Å². The summed E-state index contributed by atoms with van der Waals surface area (Å²) in [5, 5.41) is 10.0. The highest BCUT2D eigenvalue weighted by Gasteiger charge is 2.18. The highest BCUT2D eigenvalue weighted by atomic mass is 16.7. The molecule has 1 aromatic rings. The minimum absolute atomic E-state index is 0.502. The van der Waals surface area contributed by atoms with E-state index in [4.69, 9.17) is 14.3 Å². The topological polar surface area (TPSA) is 60.0 Å². The van der Waals surface area contributed by atoms with Gasteiger partial charge in [0, 0.05) is 19.8 Å². The lowest BCUT2D eigenvalue weighted by atomic mass is 10.1. The quantitative estimate of drug-likeness (QED) is 0.313. The van der Waals surface area contributed by atoms with Gasteiger partial charge < -0.3 is 14.6 Å². The number of unbranched alkanes of at least 4 members (excludes halogenated alkanes) is 2. The normalized spacial score (nSPS) is 12.7. The van der Waals surface area contributed by atoms with Crippen LogP contribution in [0.5, 0.6) is 0 Å². The molecule has 0 spiro atoms. The van der Waals surface area contributed by atoms with Gasteiger partial charge >= 0.3 is 0 Å². The predicted octanol–water partition coefficient (Wildman–Crippen LogP) is 3.03. The Hall–Kier alpha value is -0.980. The van der Waals surface area contributed by atoms with Crippen molar-refractivity contribution >= 4 is 0 Å². The third-order valence-corrected chi connectivity index (χ3v) is 3.44. The van der Waals surface area contributed by atoms with Crippen molar-refractivity contribution in [2.24, 2.45) is 0 Å². The summed E-state index contributed by atoms with van der Waals surface area (Å²) in [5.41, 5.74) is 4.13. The number of hydrogen-bond acceptors (Lipinski definition) is 5. The van der Waals surface area contributed by atoms with Gasteiger partial charge in [0.05, 0.1) is 6.61 Å². The lowest BCUT2D eigenvalue weighted by molar-refractivity contribution is -0.190. The Bertz CT molecular complexity index is 369. The van der Waals surface area contributed by atoms with Gasteiger partial charge in [-0.3, -0.25) is 4.84 Å². The predicted molar refractivity (Wildman–Crippen MR) is 90.7 cm³/mol. The lowest BCUT2D eigenvalue weighted by Gasteiger charge is -2.22. The van der Waals surface area contributed by atoms with Gasteiger partial charge in [0.2, 0.25) is 0 Å². The second kappa shape index (κ2) is 13.5. The van der Waals surface area contributed by atoms with Gasteiger partial charge in [-0.1, -0.05) is 43.2 Å². The monoisotopic (exact) mass is 325 g/mol. The fraction of sp³-hybridized carbons (Fsp3) is 0.667. The molecule has 0 aromatic heterocycles. The van der Waals surface area contributed by atoms with E-state index in [1.165, 1.54) is 0 Å². The summed E-state index contributed by atoms with van der Waals surface area (Å²) in [6.07, 6.45) is 2.61. The fourth-order valence-corrected chi connectivity index (χ4v) is 2.24. The third kappa shape index (κ3) is 9.69. The van der Waals surface area contributed by atoms with E-state index in [1.54, 1.807) is 0 Å². The molecule has 1 rings (SSSR count). The maximum Gasteiger partial charge on any atom is 0.183 e. The summed E-state index contributed by atoms with van der Waals surface area (Å²) in [6.45, 7) is 6.28. The van der Waals surface area contributed by atoms with E-state index >= 15 is 0 Å². The highest BCUT2D eigenvalue weighted by molar-refractivity contribution is 5.13. The Kier molecular flexibility index (Phi) is 11.7. The van der Waals surface area contributed by atoms with Crippen LogP contribution in [0.3, 0.4) is 0 Å². The van der Waals surface area contributed by atoms with Gasteiger partial charge in [-0.2, -0.15) is 0 Å². The molecule has 0 aliphatic rings. The van der Waals surface area contributed by atoms with Crippen molar-refractivity contribution in [1.82, 2.24) is 5.48 Å². The van der Waals surface area contributed by atoms with Crippen LogP contribution in [0.2, 0.25) is 0 Å². The molecule has 0 aliphatic heterocycles. The summed E-state index contributed by atoms with van der Waals surface area (Å²) >= 11 is 0. The van der Waals surface area contributed by atoms with Crippen molar-refractivity contribution in [2.75, 3.05) is 19.8 Å². The van der Waals surface area contributed by atoms with Crippen molar-refractivity contribution in [3.05, 3.63) is 35.9 Å². The lowest BCUT2D eigenvalue weighted by Crippen LogP contribution is -2.32. The second-order valence-corrected chi connectivity index (χ2v) is 5.36. The molecule has 0 saturated heterocycles. The van der Waals surface area contributed by atoms with Gasteiger partial charge in [-0.05, 0) is 32.3 Å². The van der Waals surface area contributed by atoms with Crippen LogP contribution in [-0.4, -0.2) is 37.3 Å². The number of rotatable bonds is 14. The molecule has 5 nitrogen and oxygen atoms in total. The van der Waals surface area contributed by atoms with Gasteiger partial charge in [-0.15, -0.1) is 0 Å². The number of nitrogens with one attached hydrogen (secondary N) is 1. The SMILES string of the molecule is CCOC(OCC)C(O)CCCCCNOCc1ccccc1. The van der Waals surface area contributed by atoms with Gasteiger partial charge in [0.25, 0.3) is 0 Å². The number of aliphatic hydroxyl groups excluding tert-OH is 1. The minimum Gasteiger partial charge on any atom is -0.388 e. The Morgan fingerprint density at radius 3 is 2.35 bits per heavy atom. The first-order valence-corrected chi connectivity index (χ1v) is 8.57. The van der Waals surface area contributed by atoms with Crippen LogP contribution in [0.4, 0.5) is 0 Å². The maximum atomic E-state index is 10.0. The molecule has 1 unspecified atom stereocenters. The van der Waals surface area contributed by atoms with Crippen molar-refractivity contribution < 1.29 is 19.4 Å². The van der Waals surface area contributed by atoms with Crippen LogP contribution < -0.4 is 5.48 Å². The van der Waals surface area contributed by atoms with Crippen LogP contribution in [-0.2, 0) is 20.9 Å². The first-order chi connectivity index (χ1) is 11.3. The van der Waals surface area contributed by atoms with Crippen molar-refractivity contribution in [1.29, 1.82) is 0 Å². The highest BCUT2D eigenvalue weighted by Crippen LogP contribution is 2.11. The molecular weight excluding hydrogens is 294 g/mol. The van der Waals surface area contributed by atoms with Crippen LogP contribution in [0.25, 0.3) is 0 Å². The molecule has 1 atom stereocenters. The summed E-state index contributed by atoms with van der Waals surface area (Å²) in [4.78, 5) is 5.41. The summed E-state index contributed by atoms with van der Waals surface area (Å²) < 4.78 is 10.8.